The third kappa shape index (κ3) is 5.41. The number of rotatable bonds is 8. The van der Waals surface area contributed by atoms with E-state index in [9.17, 15) is 18.3 Å². The lowest BCUT2D eigenvalue weighted by atomic mass is 10.1. The van der Waals surface area contributed by atoms with Crippen LogP contribution in [0.4, 0.5) is 5.69 Å². The highest BCUT2D eigenvalue weighted by molar-refractivity contribution is 7.92. The second kappa shape index (κ2) is 7.85. The highest BCUT2D eigenvalue weighted by atomic mass is 32.2. The van der Waals surface area contributed by atoms with E-state index >= 15 is 0 Å². The molecular formula is C13H20N2O6S. The maximum absolute atomic E-state index is 12.3. The molecule has 0 aliphatic rings. The van der Waals surface area contributed by atoms with Gasteiger partial charge in [0, 0.05) is 32.4 Å². The van der Waals surface area contributed by atoms with Crippen molar-refractivity contribution < 1.29 is 27.8 Å². The highest BCUT2D eigenvalue weighted by Gasteiger charge is 2.20. The molecule has 9 heteroatoms. The largest absolute Gasteiger partial charge is 0.508 e. The van der Waals surface area contributed by atoms with E-state index in [2.05, 4.69) is 10.0 Å². The van der Waals surface area contributed by atoms with Crippen LogP contribution in [-0.2, 0) is 14.8 Å². The number of phenolic OH excluding ortho intramolecular Hbond substituents is 1. The maximum atomic E-state index is 12.3. The highest BCUT2D eigenvalue weighted by Crippen LogP contribution is 2.32. The zero-order valence-electron chi connectivity index (χ0n) is 12.7. The molecule has 1 rings (SSSR count). The molecule has 0 unspecified atom stereocenters. The van der Waals surface area contributed by atoms with Gasteiger partial charge in [-0.25, -0.2) is 8.42 Å². The second-order valence-electron chi connectivity index (χ2n) is 4.55. The molecule has 0 aliphatic heterocycles. The van der Waals surface area contributed by atoms with Crippen LogP contribution in [-0.4, -0.2) is 53.1 Å². The number of phenols is 1. The number of sulfonamides is 1. The van der Waals surface area contributed by atoms with E-state index in [0.717, 1.165) is 12.3 Å². The second-order valence-corrected chi connectivity index (χ2v) is 6.30. The zero-order valence-corrected chi connectivity index (χ0v) is 13.5. The van der Waals surface area contributed by atoms with E-state index in [4.69, 9.17) is 9.47 Å². The molecule has 8 nitrogen and oxygen atoms in total. The third-order valence-corrected chi connectivity index (χ3v) is 3.23. The maximum Gasteiger partial charge on any atom is 0.257 e. The molecule has 0 bridgehead atoms. The van der Waals surface area contributed by atoms with Gasteiger partial charge >= 0.3 is 0 Å². The first kappa shape index (κ1) is 18.1. The Morgan fingerprint density at radius 2 is 2.00 bits per heavy atom. The quantitative estimate of drug-likeness (QED) is 0.599. The average molecular weight is 332 g/mol. The minimum Gasteiger partial charge on any atom is -0.508 e. The van der Waals surface area contributed by atoms with Crippen molar-refractivity contribution in [2.75, 3.05) is 38.3 Å². The number of hydrogen-bond donors (Lipinski definition) is 3. The molecule has 0 saturated carbocycles. The lowest BCUT2D eigenvalue weighted by Gasteiger charge is -2.15. The van der Waals surface area contributed by atoms with Gasteiger partial charge in [-0.05, 0) is 6.42 Å². The molecule has 0 fully saturated rings. The number of methoxy groups -OCH3 is 2. The van der Waals surface area contributed by atoms with E-state index < -0.39 is 15.9 Å². The first-order chi connectivity index (χ1) is 10.3. The summed E-state index contributed by atoms with van der Waals surface area (Å²) in [5, 5.41) is 12.2. The van der Waals surface area contributed by atoms with Crippen molar-refractivity contribution in [2.24, 2.45) is 0 Å². The van der Waals surface area contributed by atoms with Crippen LogP contribution in [0.2, 0.25) is 0 Å². The van der Waals surface area contributed by atoms with E-state index in [-0.39, 0.29) is 22.7 Å². The Hall–Kier alpha value is -2.00. The normalized spacial score (nSPS) is 11.0. The summed E-state index contributed by atoms with van der Waals surface area (Å²) in [5.74, 6) is -0.673. The Kier molecular flexibility index (Phi) is 6.44. The van der Waals surface area contributed by atoms with Crippen LogP contribution < -0.4 is 14.8 Å². The number of amides is 1. The van der Waals surface area contributed by atoms with Crippen LogP contribution >= 0.6 is 0 Å². The number of nitrogens with one attached hydrogen (secondary N) is 2. The summed E-state index contributed by atoms with van der Waals surface area (Å²) in [6.45, 7) is 0.844. The minimum atomic E-state index is -3.62. The average Bonchev–Trinajstić information content (AvgIpc) is 2.40. The first-order valence-electron chi connectivity index (χ1n) is 6.44. The zero-order chi connectivity index (χ0) is 16.8. The fourth-order valence-corrected chi connectivity index (χ4v) is 2.34. The van der Waals surface area contributed by atoms with Gasteiger partial charge in [-0.15, -0.1) is 0 Å². The molecule has 0 aliphatic carbocycles. The van der Waals surface area contributed by atoms with Gasteiger partial charge in [0.2, 0.25) is 10.0 Å². The fraction of sp³-hybridized carbons (Fsp3) is 0.462. The van der Waals surface area contributed by atoms with Crippen molar-refractivity contribution in [3.8, 4) is 11.5 Å². The summed E-state index contributed by atoms with van der Waals surface area (Å²) in [7, 11) is -0.746. The van der Waals surface area contributed by atoms with Gasteiger partial charge in [0.25, 0.3) is 5.91 Å². The number of carbonyl (C=O) groups is 1. The lowest BCUT2D eigenvalue weighted by molar-refractivity contribution is 0.0946. The van der Waals surface area contributed by atoms with Crippen LogP contribution in [0.1, 0.15) is 16.8 Å². The smallest absolute Gasteiger partial charge is 0.257 e. The van der Waals surface area contributed by atoms with Crippen LogP contribution in [0.3, 0.4) is 0 Å². The first-order valence-corrected chi connectivity index (χ1v) is 8.33. The van der Waals surface area contributed by atoms with E-state index in [1.54, 1.807) is 7.11 Å². The van der Waals surface area contributed by atoms with Crippen molar-refractivity contribution in [2.45, 2.75) is 6.42 Å². The summed E-state index contributed by atoms with van der Waals surface area (Å²) >= 11 is 0. The Morgan fingerprint density at radius 3 is 2.55 bits per heavy atom. The molecule has 3 N–H and O–H groups in total. The molecule has 124 valence electrons. The Morgan fingerprint density at radius 1 is 1.32 bits per heavy atom. The van der Waals surface area contributed by atoms with Gasteiger partial charge in [-0.2, -0.15) is 0 Å². The van der Waals surface area contributed by atoms with Gasteiger partial charge < -0.3 is 19.9 Å². The minimum absolute atomic E-state index is 0.00291. The fourth-order valence-electron chi connectivity index (χ4n) is 1.78. The van der Waals surface area contributed by atoms with Crippen molar-refractivity contribution in [1.29, 1.82) is 0 Å². The van der Waals surface area contributed by atoms with Gasteiger partial charge in [0.05, 0.1) is 19.1 Å². The topological polar surface area (TPSA) is 114 Å². The van der Waals surface area contributed by atoms with E-state index in [0.29, 0.717) is 19.6 Å². The summed E-state index contributed by atoms with van der Waals surface area (Å²) in [6.07, 6.45) is 1.56. The molecule has 22 heavy (non-hydrogen) atoms. The number of ether oxygens (including phenoxy) is 2. The van der Waals surface area contributed by atoms with Crippen LogP contribution in [0, 0.1) is 0 Å². The molecule has 0 radical (unpaired) electrons. The molecule has 0 spiro atoms. The van der Waals surface area contributed by atoms with Gasteiger partial charge in [0.15, 0.2) is 0 Å². The molecule has 1 aromatic carbocycles. The standard InChI is InChI=1S/C13H20N2O6S/c1-20-6-4-5-14-13(17)12-10(15-22(3,18)19)7-9(16)8-11(12)21-2/h7-8,15-16H,4-6H2,1-3H3,(H,14,17). The molecule has 0 aromatic heterocycles. The Labute approximate surface area is 129 Å². The number of aromatic hydroxyl groups is 1. The van der Waals surface area contributed by atoms with E-state index in [1.807, 2.05) is 0 Å². The molecule has 0 heterocycles. The predicted molar refractivity (Wildman–Crippen MR) is 82.0 cm³/mol. The lowest BCUT2D eigenvalue weighted by Crippen LogP contribution is -2.27. The molecule has 1 amide bonds. The van der Waals surface area contributed by atoms with Gasteiger partial charge in [-0.1, -0.05) is 0 Å². The van der Waals surface area contributed by atoms with Crippen molar-refractivity contribution in [1.82, 2.24) is 5.32 Å². The van der Waals surface area contributed by atoms with Crippen molar-refractivity contribution in [3.05, 3.63) is 17.7 Å². The SMILES string of the molecule is COCCCNC(=O)c1c(NS(C)(=O)=O)cc(O)cc1OC. The van der Waals surface area contributed by atoms with E-state index in [1.165, 1.54) is 13.2 Å². The third-order valence-electron chi connectivity index (χ3n) is 2.64. The molecule has 1 aromatic rings. The summed E-state index contributed by atoms with van der Waals surface area (Å²) in [5.41, 5.74) is -0.0493. The Balaban J connectivity index is 3.10. The van der Waals surface area contributed by atoms with Gasteiger partial charge in [-0.3, -0.25) is 9.52 Å². The van der Waals surface area contributed by atoms with Crippen molar-refractivity contribution in [3.63, 3.8) is 0 Å². The van der Waals surface area contributed by atoms with Crippen LogP contribution in [0.15, 0.2) is 12.1 Å². The summed E-state index contributed by atoms with van der Waals surface area (Å²) in [6, 6.07) is 2.38. The van der Waals surface area contributed by atoms with Crippen molar-refractivity contribution >= 4 is 21.6 Å². The summed E-state index contributed by atoms with van der Waals surface area (Å²) < 4.78 is 34.9. The number of hydrogen-bond acceptors (Lipinski definition) is 6. The number of carbonyl (C=O) groups excluding carboxylic acids is 1. The molecule has 0 saturated heterocycles. The van der Waals surface area contributed by atoms with Crippen LogP contribution in [0.5, 0.6) is 11.5 Å². The van der Waals surface area contributed by atoms with Gasteiger partial charge in [0.1, 0.15) is 17.1 Å². The molecule has 0 atom stereocenters. The monoisotopic (exact) mass is 332 g/mol. The van der Waals surface area contributed by atoms with Crippen LogP contribution in [0.25, 0.3) is 0 Å². The predicted octanol–water partition coefficient (Wildman–Crippen LogP) is 0.539. The number of benzene rings is 1. The number of anilines is 1. The Bertz CT molecular complexity index is 630. The summed E-state index contributed by atoms with van der Waals surface area (Å²) in [4.78, 5) is 12.3. The molecular weight excluding hydrogens is 312 g/mol.